The van der Waals surface area contributed by atoms with E-state index in [1.54, 1.807) is 30.4 Å². The van der Waals surface area contributed by atoms with Crippen LogP contribution in [-0.2, 0) is 39.0 Å². The number of unbranched alkanes of at least 4 members (excludes halogenated alkanes) is 5. The summed E-state index contributed by atoms with van der Waals surface area (Å²) < 4.78 is 5.40. The molecule has 1 spiro atoms. The Bertz CT molecular complexity index is 2100. The Morgan fingerprint density at radius 3 is 2.59 bits per heavy atom. The number of H-pyrrole nitrogens is 1. The van der Waals surface area contributed by atoms with E-state index in [-0.39, 0.29) is 24.0 Å². The molecule has 0 saturated carbocycles. The van der Waals surface area contributed by atoms with E-state index in [0.29, 0.717) is 25.2 Å². The highest BCUT2D eigenvalue weighted by molar-refractivity contribution is 6.06. The van der Waals surface area contributed by atoms with Gasteiger partial charge in [-0.15, -0.1) is 0 Å². The first-order valence-corrected chi connectivity index (χ1v) is 18.6. The molecule has 3 amide bonds. The van der Waals surface area contributed by atoms with Gasteiger partial charge in [0, 0.05) is 55.5 Å². The Morgan fingerprint density at radius 1 is 1.04 bits per heavy atom. The summed E-state index contributed by atoms with van der Waals surface area (Å²) in [6.07, 6.45) is 15.7. The Morgan fingerprint density at radius 2 is 1.81 bits per heavy atom. The third-order valence-electron chi connectivity index (χ3n) is 10.1. The molecule has 4 heterocycles. The fourth-order valence-electron chi connectivity index (χ4n) is 7.29. The Kier molecular flexibility index (Phi) is 11.2. The summed E-state index contributed by atoms with van der Waals surface area (Å²) in [6.45, 7) is 8.19. The molecule has 13 nitrogen and oxygen atoms in total. The maximum atomic E-state index is 13.5. The normalized spacial score (nSPS) is 16.7. The van der Waals surface area contributed by atoms with Crippen molar-refractivity contribution in [3.63, 3.8) is 0 Å². The topological polar surface area (TPSA) is 179 Å². The van der Waals surface area contributed by atoms with Gasteiger partial charge in [-0.3, -0.25) is 19.7 Å². The number of carbonyl (C=O) groups is 4. The number of nitrogens with one attached hydrogen (secondary N) is 3. The van der Waals surface area contributed by atoms with E-state index in [2.05, 4.69) is 36.9 Å². The van der Waals surface area contributed by atoms with Gasteiger partial charge in [-0.1, -0.05) is 37.5 Å². The van der Waals surface area contributed by atoms with Gasteiger partial charge in [0.15, 0.2) is 0 Å². The van der Waals surface area contributed by atoms with Gasteiger partial charge in [-0.2, -0.15) is 5.10 Å². The number of aliphatic carboxylic acids is 1. The average Bonchev–Trinajstić information content (AvgIpc) is 3.82. The van der Waals surface area contributed by atoms with E-state index in [1.165, 1.54) is 6.20 Å². The summed E-state index contributed by atoms with van der Waals surface area (Å²) in [7, 11) is 1.77. The number of carboxylic acid groups (broad SMARTS) is 1. The number of benzene rings is 1. The smallest absolute Gasteiger partial charge is 0.410 e. The number of allylic oxidation sites excluding steroid dienone is 1. The maximum Gasteiger partial charge on any atom is 0.410 e. The summed E-state index contributed by atoms with van der Waals surface area (Å²) >= 11 is 0. The summed E-state index contributed by atoms with van der Waals surface area (Å²) in [5.74, 6) is -1.30. The minimum atomic E-state index is -1.16. The van der Waals surface area contributed by atoms with E-state index in [9.17, 15) is 24.3 Å². The number of rotatable bonds is 14. The zero-order chi connectivity index (χ0) is 38.6. The molecule has 4 aromatic rings. The van der Waals surface area contributed by atoms with Crippen molar-refractivity contribution >= 4 is 46.7 Å². The molecule has 13 heteroatoms. The zero-order valence-electron chi connectivity index (χ0n) is 31.6. The van der Waals surface area contributed by atoms with Gasteiger partial charge >= 0.3 is 12.1 Å². The number of amides is 3. The van der Waals surface area contributed by atoms with Crippen molar-refractivity contribution in [2.24, 2.45) is 0 Å². The molecular formula is C41H49N7O6. The number of hydrogen-bond acceptors (Lipinski definition) is 8. The molecule has 1 unspecified atom stereocenters. The molecule has 0 saturated heterocycles. The largest absolute Gasteiger partial charge is 0.480 e. The Labute approximate surface area is 315 Å². The molecule has 2 atom stereocenters. The van der Waals surface area contributed by atoms with E-state index in [0.717, 1.165) is 82.9 Å². The van der Waals surface area contributed by atoms with Crippen LogP contribution in [0.1, 0.15) is 103 Å². The lowest BCUT2D eigenvalue weighted by Crippen LogP contribution is -2.42. The molecule has 1 aromatic carbocycles. The summed E-state index contributed by atoms with van der Waals surface area (Å²) in [5.41, 5.74) is 4.66. The molecule has 0 radical (unpaired) electrons. The molecule has 6 rings (SSSR count). The van der Waals surface area contributed by atoms with Crippen LogP contribution in [0.5, 0.6) is 0 Å². The fourth-order valence-corrected chi connectivity index (χ4v) is 7.29. The highest BCUT2D eigenvalue weighted by Crippen LogP contribution is 2.46. The van der Waals surface area contributed by atoms with Crippen molar-refractivity contribution in [2.45, 2.75) is 103 Å². The third-order valence-corrected chi connectivity index (χ3v) is 10.1. The molecule has 1 aliphatic heterocycles. The quantitative estimate of drug-likeness (QED) is 0.108. The summed E-state index contributed by atoms with van der Waals surface area (Å²) in [5, 5.41) is 23.4. The van der Waals surface area contributed by atoms with Gasteiger partial charge in [0.1, 0.15) is 17.5 Å². The number of fused-ring (bicyclic) bond motifs is 4. The highest BCUT2D eigenvalue weighted by Gasteiger charge is 2.52. The van der Waals surface area contributed by atoms with Crippen LogP contribution in [0.3, 0.4) is 0 Å². The van der Waals surface area contributed by atoms with Crippen molar-refractivity contribution in [3.8, 4) is 0 Å². The van der Waals surface area contributed by atoms with Crippen LogP contribution in [0.4, 0.5) is 10.6 Å². The van der Waals surface area contributed by atoms with Crippen molar-refractivity contribution in [1.82, 2.24) is 30.4 Å². The lowest BCUT2D eigenvalue weighted by Gasteiger charge is -2.24. The maximum absolute atomic E-state index is 13.5. The SMILES string of the molecule is Cc1cc(CC(NC(=O)c2cnc3c(c2)C[C@@]2(C3)C(=O)Nc3ncc(/C=C/CCCCCCCN(C)C(=O)OC(C)(C)C)cc32)C(=O)O)cc2cn[nH]c12. The van der Waals surface area contributed by atoms with E-state index >= 15 is 0 Å². The van der Waals surface area contributed by atoms with E-state index < -0.39 is 28.9 Å². The van der Waals surface area contributed by atoms with Crippen LogP contribution >= 0.6 is 0 Å². The second-order valence-corrected chi connectivity index (χ2v) is 15.6. The predicted molar refractivity (Wildman–Crippen MR) is 205 cm³/mol. The first-order valence-electron chi connectivity index (χ1n) is 18.6. The molecule has 1 aliphatic carbocycles. The molecule has 0 bridgehead atoms. The predicted octanol–water partition coefficient (Wildman–Crippen LogP) is 6.30. The number of aromatic amines is 1. The number of ether oxygens (including phenoxy) is 1. The second kappa shape index (κ2) is 15.8. The lowest BCUT2D eigenvalue weighted by molar-refractivity contribution is -0.139. The molecular weight excluding hydrogens is 686 g/mol. The van der Waals surface area contributed by atoms with Gasteiger partial charge in [0.05, 0.1) is 22.7 Å². The first kappa shape index (κ1) is 38.1. The number of carboxylic acids is 1. The minimum absolute atomic E-state index is 0.0992. The number of aromatic nitrogens is 4. The van der Waals surface area contributed by atoms with Crippen molar-refractivity contribution < 1.29 is 29.0 Å². The number of hydrogen-bond donors (Lipinski definition) is 4. The molecule has 284 valence electrons. The zero-order valence-corrected chi connectivity index (χ0v) is 31.6. The number of carbonyl (C=O) groups excluding carboxylic acids is 3. The Hall–Kier alpha value is -5.59. The number of nitrogens with zero attached hydrogens (tertiary/aromatic N) is 4. The Balaban J connectivity index is 1.02. The molecule has 2 aliphatic rings. The van der Waals surface area contributed by atoms with Crippen molar-refractivity contribution in [1.29, 1.82) is 0 Å². The van der Waals surface area contributed by atoms with Crippen LogP contribution in [0, 0.1) is 6.92 Å². The van der Waals surface area contributed by atoms with Crippen molar-refractivity contribution in [3.05, 3.63) is 88.0 Å². The third kappa shape index (κ3) is 8.61. The van der Waals surface area contributed by atoms with Crippen LogP contribution in [-0.4, -0.2) is 79.3 Å². The van der Waals surface area contributed by atoms with E-state index in [1.807, 2.05) is 52.0 Å². The summed E-state index contributed by atoms with van der Waals surface area (Å²) in [6, 6.07) is 6.33. The minimum Gasteiger partial charge on any atom is -0.480 e. The van der Waals surface area contributed by atoms with Gasteiger partial charge in [-0.25, -0.2) is 14.6 Å². The number of pyridine rings is 2. The van der Waals surface area contributed by atoms with Gasteiger partial charge in [-0.05, 0) is 93.8 Å². The second-order valence-electron chi connectivity index (χ2n) is 15.6. The monoisotopic (exact) mass is 735 g/mol. The standard InChI is InChI=1S/C41H49N7O6/c1-25-15-27(16-29-24-44-47-34(25)29)18-32(37(50)51)45-36(49)30-19-28-20-41(21-33(28)42-23-30)31-17-26(22-43-35(31)46-38(41)52)13-11-9-7-6-8-10-12-14-48(5)39(53)54-40(2,3)4/h11,13,15-17,19,22-24,32H,6-10,12,14,18,20-21H2,1-5H3,(H,44,47)(H,45,49)(H,50,51)(H,43,46,52)/b13-11+/t32?,41-/m0/s1. The van der Waals surface area contributed by atoms with E-state index in [4.69, 9.17) is 4.74 Å². The highest BCUT2D eigenvalue weighted by atomic mass is 16.6. The van der Waals surface area contributed by atoms with Crippen LogP contribution in [0.25, 0.3) is 17.0 Å². The molecule has 54 heavy (non-hydrogen) atoms. The fraction of sp³-hybridized carbons (Fsp3) is 0.439. The number of anilines is 1. The van der Waals surface area contributed by atoms with Crippen LogP contribution in [0.15, 0.2) is 48.9 Å². The average molecular weight is 736 g/mol. The molecule has 0 fully saturated rings. The van der Waals surface area contributed by atoms with Gasteiger partial charge in [0.25, 0.3) is 5.91 Å². The van der Waals surface area contributed by atoms with Crippen LogP contribution < -0.4 is 10.6 Å². The molecule has 4 N–H and O–H groups in total. The molecule has 3 aromatic heterocycles. The van der Waals surface area contributed by atoms with Crippen molar-refractivity contribution in [2.75, 3.05) is 18.9 Å². The summed E-state index contributed by atoms with van der Waals surface area (Å²) in [4.78, 5) is 61.9. The lowest BCUT2D eigenvalue weighted by atomic mass is 9.79. The van der Waals surface area contributed by atoms with Crippen LogP contribution in [0.2, 0.25) is 0 Å². The first-order chi connectivity index (χ1) is 25.7. The van der Waals surface area contributed by atoms with Gasteiger partial charge in [0.2, 0.25) is 5.91 Å². The van der Waals surface area contributed by atoms with Gasteiger partial charge < -0.3 is 25.4 Å². The number of aryl methyl sites for hydroxylation is 1.